The first kappa shape index (κ1) is 15.8. The molecule has 6 nitrogen and oxygen atoms in total. The van der Waals surface area contributed by atoms with Crippen LogP contribution in [0.5, 0.6) is 5.75 Å². The van der Waals surface area contributed by atoms with Gasteiger partial charge in [-0.25, -0.2) is 12.8 Å². The highest BCUT2D eigenvalue weighted by Crippen LogP contribution is 2.27. The Balaban J connectivity index is 1.78. The zero-order valence-electron chi connectivity index (χ0n) is 12.6. The van der Waals surface area contributed by atoms with Gasteiger partial charge in [0.2, 0.25) is 0 Å². The second-order valence-electron chi connectivity index (χ2n) is 5.54. The predicted molar refractivity (Wildman–Crippen MR) is 81.3 cm³/mol. The molecule has 0 amide bonds. The van der Waals surface area contributed by atoms with Crippen LogP contribution >= 0.6 is 0 Å². The molecule has 0 spiro atoms. The van der Waals surface area contributed by atoms with Gasteiger partial charge < -0.3 is 9.26 Å². The van der Waals surface area contributed by atoms with Crippen molar-refractivity contribution in [3.05, 3.63) is 35.8 Å². The second-order valence-corrected chi connectivity index (χ2v) is 7.20. The van der Waals surface area contributed by atoms with Crippen molar-refractivity contribution in [2.24, 2.45) is 0 Å². The lowest BCUT2D eigenvalue weighted by Gasteiger charge is -2.14. The van der Waals surface area contributed by atoms with Crippen LogP contribution in [0.15, 0.2) is 33.7 Å². The van der Waals surface area contributed by atoms with E-state index in [4.69, 9.17) is 9.26 Å². The number of benzene rings is 1. The van der Waals surface area contributed by atoms with Crippen LogP contribution in [0.3, 0.4) is 0 Å². The van der Waals surface area contributed by atoms with Crippen molar-refractivity contribution < 1.29 is 22.1 Å². The molecular weight excluding hydrogens is 323 g/mol. The van der Waals surface area contributed by atoms with Crippen molar-refractivity contribution in [1.82, 2.24) is 5.16 Å². The molecule has 3 rings (SSSR count). The fraction of sp³-hybridized carbons (Fsp3) is 0.400. The maximum absolute atomic E-state index is 14.2. The summed E-state index contributed by atoms with van der Waals surface area (Å²) in [4.78, 5) is -0.461. The number of nitrogens with one attached hydrogen (secondary N) is 1. The van der Waals surface area contributed by atoms with Crippen molar-refractivity contribution in [3.8, 4) is 5.75 Å². The van der Waals surface area contributed by atoms with Crippen LogP contribution in [0.25, 0.3) is 0 Å². The molecule has 1 saturated carbocycles. The van der Waals surface area contributed by atoms with E-state index in [2.05, 4.69) is 9.88 Å². The molecule has 1 heterocycles. The Morgan fingerprint density at radius 3 is 2.65 bits per heavy atom. The van der Waals surface area contributed by atoms with E-state index in [9.17, 15) is 12.8 Å². The third-order valence-corrected chi connectivity index (χ3v) is 5.05. The van der Waals surface area contributed by atoms with Crippen LogP contribution in [0.4, 0.5) is 10.2 Å². The molecular formula is C15H17FN2O4S. The molecule has 0 unspecified atom stereocenters. The largest absolute Gasteiger partial charge is 0.490 e. The number of halogens is 1. The van der Waals surface area contributed by atoms with Gasteiger partial charge in [-0.2, -0.15) is 0 Å². The van der Waals surface area contributed by atoms with Crippen LogP contribution in [-0.4, -0.2) is 19.7 Å². The number of sulfonamides is 1. The van der Waals surface area contributed by atoms with Crippen LogP contribution in [0.2, 0.25) is 0 Å². The van der Waals surface area contributed by atoms with Gasteiger partial charge in [-0.3, -0.25) is 4.72 Å². The maximum atomic E-state index is 14.2. The van der Waals surface area contributed by atoms with Gasteiger partial charge in [-0.05, 0) is 44.7 Å². The number of anilines is 1. The van der Waals surface area contributed by atoms with Gasteiger partial charge in [0.05, 0.1) is 6.10 Å². The molecule has 1 N–H and O–H groups in total. The Kier molecular flexibility index (Phi) is 4.25. The van der Waals surface area contributed by atoms with Gasteiger partial charge in [0.1, 0.15) is 22.2 Å². The summed E-state index contributed by atoms with van der Waals surface area (Å²) in [6.07, 6.45) is 4.15. The summed E-state index contributed by atoms with van der Waals surface area (Å²) in [6, 6.07) is 5.16. The molecule has 0 aliphatic heterocycles. The number of aryl methyl sites for hydroxylation is 1. The molecule has 2 aromatic rings. The van der Waals surface area contributed by atoms with Crippen molar-refractivity contribution in [3.63, 3.8) is 0 Å². The fourth-order valence-corrected chi connectivity index (χ4v) is 3.62. The Morgan fingerprint density at radius 1 is 1.30 bits per heavy atom. The zero-order chi connectivity index (χ0) is 16.4. The maximum Gasteiger partial charge on any atom is 0.266 e. The monoisotopic (exact) mass is 340 g/mol. The van der Waals surface area contributed by atoms with Gasteiger partial charge in [0.15, 0.2) is 5.82 Å². The van der Waals surface area contributed by atoms with E-state index < -0.39 is 20.7 Å². The topological polar surface area (TPSA) is 81.4 Å². The summed E-state index contributed by atoms with van der Waals surface area (Å²) in [7, 11) is -4.08. The van der Waals surface area contributed by atoms with E-state index in [0.717, 1.165) is 31.7 Å². The Labute approximate surface area is 133 Å². The number of ether oxygens (including phenoxy) is 1. The minimum absolute atomic E-state index is 0.00758. The van der Waals surface area contributed by atoms with Gasteiger partial charge in [-0.1, -0.05) is 5.16 Å². The van der Waals surface area contributed by atoms with Gasteiger partial charge in [0, 0.05) is 12.1 Å². The normalized spacial score (nSPS) is 15.7. The summed E-state index contributed by atoms with van der Waals surface area (Å²) >= 11 is 0. The Bertz CT molecular complexity index is 798. The molecule has 0 radical (unpaired) electrons. The number of aromatic nitrogens is 1. The third kappa shape index (κ3) is 3.64. The molecule has 0 bridgehead atoms. The van der Waals surface area contributed by atoms with E-state index in [0.29, 0.717) is 11.5 Å². The first-order valence-electron chi connectivity index (χ1n) is 7.36. The highest BCUT2D eigenvalue weighted by atomic mass is 32.2. The van der Waals surface area contributed by atoms with Crippen LogP contribution in [0.1, 0.15) is 31.4 Å². The van der Waals surface area contributed by atoms with Crippen molar-refractivity contribution in [2.45, 2.75) is 43.6 Å². The summed E-state index contributed by atoms with van der Waals surface area (Å²) in [5.74, 6) is -0.0736. The van der Waals surface area contributed by atoms with Gasteiger partial charge in [0.25, 0.3) is 10.0 Å². The first-order valence-corrected chi connectivity index (χ1v) is 8.85. The summed E-state index contributed by atoms with van der Waals surface area (Å²) in [5, 5.41) is 3.53. The fourth-order valence-electron chi connectivity index (χ4n) is 2.58. The average molecular weight is 340 g/mol. The molecule has 1 aliphatic carbocycles. The smallest absolute Gasteiger partial charge is 0.266 e. The minimum Gasteiger partial charge on any atom is -0.490 e. The molecule has 1 aliphatic rings. The molecule has 1 aromatic carbocycles. The third-order valence-electron chi connectivity index (χ3n) is 3.66. The van der Waals surface area contributed by atoms with E-state index in [-0.39, 0.29) is 11.9 Å². The SMILES string of the molecule is Cc1cc(NS(=O)(=O)c2ccc(OC3CCCC3)cc2F)no1. The standard InChI is InChI=1S/C15H17FN2O4S/c1-10-8-15(17-22-10)18-23(19,20)14-7-6-12(9-13(14)16)21-11-4-2-3-5-11/h6-9,11H,2-5H2,1H3,(H,17,18). The number of hydrogen-bond acceptors (Lipinski definition) is 5. The molecule has 124 valence electrons. The van der Waals surface area contributed by atoms with Crippen molar-refractivity contribution in [2.75, 3.05) is 4.72 Å². The minimum atomic E-state index is -4.08. The van der Waals surface area contributed by atoms with Gasteiger partial charge in [-0.15, -0.1) is 0 Å². The number of rotatable bonds is 5. The lowest BCUT2D eigenvalue weighted by atomic mass is 10.3. The molecule has 23 heavy (non-hydrogen) atoms. The quantitative estimate of drug-likeness (QED) is 0.903. The van der Waals surface area contributed by atoms with Crippen LogP contribution in [-0.2, 0) is 10.0 Å². The summed E-state index contributed by atoms with van der Waals surface area (Å²) in [6.45, 7) is 1.63. The lowest BCUT2D eigenvalue weighted by Crippen LogP contribution is -2.15. The Hall–Kier alpha value is -2.09. The van der Waals surface area contributed by atoms with Crippen molar-refractivity contribution >= 4 is 15.8 Å². The first-order chi connectivity index (χ1) is 10.9. The van der Waals surface area contributed by atoms with E-state index in [1.807, 2.05) is 0 Å². The van der Waals surface area contributed by atoms with E-state index in [1.165, 1.54) is 18.2 Å². The molecule has 8 heteroatoms. The average Bonchev–Trinajstić information content (AvgIpc) is 3.10. The molecule has 0 saturated heterocycles. The zero-order valence-corrected chi connectivity index (χ0v) is 13.4. The summed E-state index contributed by atoms with van der Waals surface area (Å²) in [5.41, 5.74) is 0. The highest BCUT2D eigenvalue weighted by molar-refractivity contribution is 7.92. The van der Waals surface area contributed by atoms with Crippen LogP contribution < -0.4 is 9.46 Å². The molecule has 0 atom stereocenters. The molecule has 1 fully saturated rings. The second kappa shape index (κ2) is 6.19. The number of nitrogens with zero attached hydrogens (tertiary/aromatic N) is 1. The van der Waals surface area contributed by atoms with E-state index in [1.54, 1.807) is 6.92 Å². The van der Waals surface area contributed by atoms with Gasteiger partial charge >= 0.3 is 0 Å². The summed E-state index contributed by atoms with van der Waals surface area (Å²) < 4.78 is 51.2. The van der Waals surface area contributed by atoms with Crippen LogP contribution in [0, 0.1) is 12.7 Å². The Morgan fingerprint density at radius 2 is 2.04 bits per heavy atom. The molecule has 1 aromatic heterocycles. The van der Waals surface area contributed by atoms with Crippen molar-refractivity contribution in [1.29, 1.82) is 0 Å². The number of hydrogen-bond donors (Lipinski definition) is 1. The predicted octanol–water partition coefficient (Wildman–Crippen LogP) is 3.24. The lowest BCUT2D eigenvalue weighted by molar-refractivity contribution is 0.209. The van der Waals surface area contributed by atoms with E-state index >= 15 is 0 Å². The highest BCUT2D eigenvalue weighted by Gasteiger charge is 2.22.